The number of nitrogens with zero attached hydrogens (tertiary/aromatic N) is 2. The van der Waals surface area contributed by atoms with Gasteiger partial charge in [0.2, 0.25) is 5.88 Å². The van der Waals surface area contributed by atoms with Crippen LogP contribution in [0.25, 0.3) is 4.96 Å². The van der Waals surface area contributed by atoms with E-state index in [0.717, 1.165) is 16.4 Å². The number of hydrogen-bond donors (Lipinski definition) is 0. The van der Waals surface area contributed by atoms with E-state index in [1.165, 1.54) is 0 Å². The lowest BCUT2D eigenvalue weighted by Crippen LogP contribution is -1.91. The molecule has 19 heavy (non-hydrogen) atoms. The number of ether oxygens (including phenoxy) is 2. The first-order chi connectivity index (χ1) is 9.31. The van der Waals surface area contributed by atoms with E-state index in [1.807, 2.05) is 40.2 Å². The van der Waals surface area contributed by atoms with Crippen LogP contribution in [-0.2, 0) is 5.88 Å². The normalized spacial score (nSPS) is 10.8. The first-order valence-electron chi connectivity index (χ1n) is 5.64. The molecule has 98 valence electrons. The second-order valence-electron chi connectivity index (χ2n) is 3.83. The molecule has 2 aromatic heterocycles. The fraction of sp³-hybridized carbons (Fsp3) is 0.154. The molecule has 1 aromatic carbocycles. The average molecular weight is 295 g/mol. The molecule has 0 fully saturated rings. The topological polar surface area (TPSA) is 35.8 Å². The molecule has 4 nitrogen and oxygen atoms in total. The van der Waals surface area contributed by atoms with Gasteiger partial charge in [-0.25, -0.2) is 0 Å². The third kappa shape index (κ3) is 2.27. The fourth-order valence-electron chi connectivity index (χ4n) is 1.79. The molecule has 0 unspecified atom stereocenters. The highest BCUT2D eigenvalue weighted by Gasteiger charge is 2.14. The zero-order chi connectivity index (χ0) is 13.2. The van der Waals surface area contributed by atoms with Gasteiger partial charge in [0, 0.05) is 17.6 Å². The van der Waals surface area contributed by atoms with Gasteiger partial charge in [-0.1, -0.05) is 6.07 Å². The summed E-state index contributed by atoms with van der Waals surface area (Å²) in [6.07, 6.45) is 1.93. The van der Waals surface area contributed by atoms with E-state index in [1.54, 1.807) is 18.4 Å². The third-order valence-electron chi connectivity index (χ3n) is 2.71. The number of hydrogen-bond acceptors (Lipinski definition) is 4. The Labute approximate surface area is 119 Å². The molecule has 0 aliphatic rings. The minimum Gasteiger partial charge on any atom is -0.497 e. The third-order valence-corrected chi connectivity index (χ3v) is 3.72. The number of halogens is 1. The van der Waals surface area contributed by atoms with Gasteiger partial charge >= 0.3 is 0 Å². The standard InChI is InChI=1S/C13H11ClN2O2S/c1-17-9-3-2-4-10(7-9)18-12-11(8-14)16-5-6-19-13(16)15-12/h2-7H,8H2,1H3. The monoisotopic (exact) mass is 294 g/mol. The minimum absolute atomic E-state index is 0.344. The summed E-state index contributed by atoms with van der Waals surface area (Å²) in [6.45, 7) is 0. The average Bonchev–Trinajstić information content (AvgIpc) is 2.99. The molecule has 0 aliphatic carbocycles. The van der Waals surface area contributed by atoms with Gasteiger partial charge in [-0.3, -0.25) is 4.40 Å². The second-order valence-corrected chi connectivity index (χ2v) is 4.97. The number of alkyl halides is 1. The number of rotatable bonds is 4. The van der Waals surface area contributed by atoms with Crippen LogP contribution >= 0.6 is 22.9 Å². The van der Waals surface area contributed by atoms with Crippen LogP contribution < -0.4 is 9.47 Å². The highest BCUT2D eigenvalue weighted by molar-refractivity contribution is 7.15. The number of thiazole rings is 1. The molecule has 0 amide bonds. The highest BCUT2D eigenvalue weighted by Crippen LogP contribution is 2.30. The van der Waals surface area contributed by atoms with Crippen molar-refractivity contribution in [3.8, 4) is 17.4 Å². The van der Waals surface area contributed by atoms with Crippen LogP contribution in [0.1, 0.15) is 5.69 Å². The van der Waals surface area contributed by atoms with Gasteiger partial charge in [0.15, 0.2) is 4.96 Å². The molecule has 3 aromatic rings. The SMILES string of the molecule is COc1cccc(Oc2nc3sccn3c2CCl)c1. The van der Waals surface area contributed by atoms with E-state index in [9.17, 15) is 0 Å². The summed E-state index contributed by atoms with van der Waals surface area (Å²) in [5.41, 5.74) is 0.848. The number of methoxy groups -OCH3 is 1. The van der Waals surface area contributed by atoms with Gasteiger partial charge in [0.05, 0.1) is 13.0 Å². The predicted molar refractivity (Wildman–Crippen MR) is 75.7 cm³/mol. The van der Waals surface area contributed by atoms with Crippen LogP contribution in [0.4, 0.5) is 0 Å². The van der Waals surface area contributed by atoms with Crippen molar-refractivity contribution < 1.29 is 9.47 Å². The van der Waals surface area contributed by atoms with Crippen LogP contribution in [0, 0.1) is 0 Å². The van der Waals surface area contributed by atoms with E-state index in [-0.39, 0.29) is 0 Å². The molecule has 3 rings (SSSR count). The van der Waals surface area contributed by atoms with Crippen LogP contribution in [-0.4, -0.2) is 16.5 Å². The Morgan fingerprint density at radius 2 is 2.21 bits per heavy atom. The lowest BCUT2D eigenvalue weighted by atomic mass is 10.3. The molecule has 0 aliphatic heterocycles. The first-order valence-corrected chi connectivity index (χ1v) is 7.05. The van der Waals surface area contributed by atoms with Crippen molar-refractivity contribution in [3.63, 3.8) is 0 Å². The molecule has 0 N–H and O–H groups in total. The van der Waals surface area contributed by atoms with Gasteiger partial charge in [-0.15, -0.1) is 22.9 Å². The van der Waals surface area contributed by atoms with Crippen LogP contribution in [0.2, 0.25) is 0 Å². The fourth-order valence-corrected chi connectivity index (χ4v) is 2.76. The molecule has 0 spiro atoms. The Kier molecular flexibility index (Phi) is 3.31. The van der Waals surface area contributed by atoms with Gasteiger partial charge < -0.3 is 9.47 Å². The summed E-state index contributed by atoms with van der Waals surface area (Å²) in [5, 5.41) is 1.97. The van der Waals surface area contributed by atoms with Crippen LogP contribution in [0.5, 0.6) is 17.4 Å². The van der Waals surface area contributed by atoms with E-state index in [4.69, 9.17) is 21.1 Å². The highest BCUT2D eigenvalue weighted by atomic mass is 35.5. The van der Waals surface area contributed by atoms with Crippen LogP contribution in [0.3, 0.4) is 0 Å². The minimum atomic E-state index is 0.344. The first kappa shape index (κ1) is 12.3. The summed E-state index contributed by atoms with van der Waals surface area (Å²) in [6, 6.07) is 7.40. The molecule has 2 heterocycles. The predicted octanol–water partition coefficient (Wildman–Crippen LogP) is 3.94. The summed E-state index contributed by atoms with van der Waals surface area (Å²) >= 11 is 7.52. The van der Waals surface area contributed by atoms with Crippen molar-refractivity contribution in [1.82, 2.24) is 9.38 Å². The smallest absolute Gasteiger partial charge is 0.243 e. The zero-order valence-corrected chi connectivity index (χ0v) is 11.7. The Hall–Kier alpha value is -1.72. The lowest BCUT2D eigenvalue weighted by Gasteiger charge is -2.06. The summed E-state index contributed by atoms with van der Waals surface area (Å²) < 4.78 is 12.9. The number of aromatic nitrogens is 2. The second kappa shape index (κ2) is 5.11. The maximum absolute atomic E-state index is 5.97. The van der Waals surface area contributed by atoms with Crippen molar-refractivity contribution >= 4 is 27.9 Å². The molecular weight excluding hydrogens is 284 g/mol. The molecule has 6 heteroatoms. The van der Waals surface area contributed by atoms with Crippen molar-refractivity contribution in [1.29, 1.82) is 0 Å². The maximum atomic E-state index is 5.97. The zero-order valence-electron chi connectivity index (χ0n) is 10.2. The molecule has 0 saturated heterocycles. The summed E-state index contributed by atoms with van der Waals surface area (Å²) in [7, 11) is 1.62. The van der Waals surface area contributed by atoms with Crippen molar-refractivity contribution in [2.24, 2.45) is 0 Å². The van der Waals surface area contributed by atoms with Gasteiger partial charge in [0.25, 0.3) is 0 Å². The summed E-state index contributed by atoms with van der Waals surface area (Å²) in [5.74, 6) is 2.30. The van der Waals surface area contributed by atoms with E-state index in [0.29, 0.717) is 17.5 Å². The molecule has 0 atom stereocenters. The Morgan fingerprint density at radius 3 is 3.00 bits per heavy atom. The van der Waals surface area contributed by atoms with Crippen molar-refractivity contribution in [2.45, 2.75) is 5.88 Å². The number of imidazole rings is 1. The van der Waals surface area contributed by atoms with Crippen molar-refractivity contribution in [2.75, 3.05) is 7.11 Å². The Bertz CT molecular complexity index is 708. The lowest BCUT2D eigenvalue weighted by molar-refractivity contribution is 0.407. The molecule has 0 saturated carbocycles. The van der Waals surface area contributed by atoms with E-state index < -0.39 is 0 Å². The quantitative estimate of drug-likeness (QED) is 0.684. The maximum Gasteiger partial charge on any atom is 0.243 e. The molecule has 0 radical (unpaired) electrons. The van der Waals surface area contributed by atoms with Gasteiger partial charge in [-0.2, -0.15) is 4.98 Å². The van der Waals surface area contributed by atoms with E-state index in [2.05, 4.69) is 4.98 Å². The van der Waals surface area contributed by atoms with Gasteiger partial charge in [-0.05, 0) is 12.1 Å². The Morgan fingerprint density at radius 1 is 1.37 bits per heavy atom. The van der Waals surface area contributed by atoms with Crippen molar-refractivity contribution in [3.05, 3.63) is 41.5 Å². The Balaban J connectivity index is 1.97. The van der Waals surface area contributed by atoms with E-state index >= 15 is 0 Å². The molecule has 0 bridgehead atoms. The summed E-state index contributed by atoms with van der Waals surface area (Å²) in [4.78, 5) is 5.30. The molecular formula is C13H11ClN2O2S. The van der Waals surface area contributed by atoms with Gasteiger partial charge in [0.1, 0.15) is 17.2 Å². The number of fused-ring (bicyclic) bond motifs is 1. The largest absolute Gasteiger partial charge is 0.497 e. The number of benzene rings is 1. The van der Waals surface area contributed by atoms with Crippen LogP contribution in [0.15, 0.2) is 35.8 Å².